The molecule has 1 N–H and O–H groups in total. The van der Waals surface area contributed by atoms with E-state index < -0.39 is 20.8 Å². The van der Waals surface area contributed by atoms with Gasteiger partial charge in [-0.05, 0) is 42.7 Å². The fourth-order valence-corrected chi connectivity index (χ4v) is 3.19. The van der Waals surface area contributed by atoms with Crippen molar-refractivity contribution in [3.63, 3.8) is 0 Å². The van der Waals surface area contributed by atoms with Crippen molar-refractivity contribution in [2.45, 2.75) is 50.3 Å². The maximum atomic E-state index is 11.4. The molecule has 0 unspecified atom stereocenters. The molecule has 2 rings (SSSR count). The largest absolute Gasteiger partial charge is 1.00 e. The number of hydrogen-bond donors (Lipinski definition) is 1. The molecule has 7 heteroatoms. The molecule has 0 saturated heterocycles. The van der Waals surface area contributed by atoms with Crippen molar-refractivity contribution >= 4 is 10.1 Å². The average molecular weight is 403 g/mol. The first-order chi connectivity index (χ1) is 11.9. The molecule has 0 bridgehead atoms. The summed E-state index contributed by atoms with van der Waals surface area (Å²) >= 11 is 0. The molecule has 0 amide bonds. The minimum absolute atomic E-state index is 0. The molecule has 0 heterocycles. The van der Waals surface area contributed by atoms with Gasteiger partial charge in [-0.1, -0.05) is 50.8 Å². The van der Waals surface area contributed by atoms with Gasteiger partial charge in [-0.3, -0.25) is 4.55 Å². The van der Waals surface area contributed by atoms with Gasteiger partial charge < -0.3 is 9.84 Å². The zero-order valence-electron chi connectivity index (χ0n) is 15.3. The Bertz CT molecular complexity index is 788. The Morgan fingerprint density at radius 3 is 2.27 bits per heavy atom. The summed E-state index contributed by atoms with van der Waals surface area (Å²) in [6.07, 6.45) is 7.09. The maximum absolute atomic E-state index is 11.4. The van der Waals surface area contributed by atoms with Crippen molar-refractivity contribution in [2.75, 3.05) is 0 Å². The van der Waals surface area contributed by atoms with Crippen molar-refractivity contribution in [1.82, 2.24) is 0 Å². The van der Waals surface area contributed by atoms with Crippen molar-refractivity contribution in [3.8, 4) is 17.2 Å². The molecular formula is C19H23KO5S. The molecule has 0 saturated carbocycles. The second-order valence-corrected chi connectivity index (χ2v) is 7.38. The van der Waals surface area contributed by atoms with Gasteiger partial charge in [0.15, 0.2) is 0 Å². The van der Waals surface area contributed by atoms with E-state index in [0.29, 0.717) is 5.75 Å². The van der Waals surface area contributed by atoms with Crippen LogP contribution in [0.1, 0.15) is 44.6 Å². The minimum atomic E-state index is -4.53. The summed E-state index contributed by atoms with van der Waals surface area (Å²) in [5.41, 5.74) is 1.19. The van der Waals surface area contributed by atoms with Crippen molar-refractivity contribution in [1.29, 1.82) is 0 Å². The Morgan fingerprint density at radius 1 is 1.00 bits per heavy atom. The molecule has 0 atom stereocenters. The number of aryl methyl sites for hydroxylation is 1. The molecule has 0 aliphatic carbocycles. The monoisotopic (exact) mass is 402 g/mol. The molecule has 5 nitrogen and oxygen atoms in total. The van der Waals surface area contributed by atoms with Crippen LogP contribution in [0.2, 0.25) is 0 Å². The topological polar surface area (TPSA) is 86.7 Å². The molecule has 0 aromatic heterocycles. The second kappa shape index (κ2) is 11.4. The Labute approximate surface area is 198 Å². The third kappa shape index (κ3) is 7.68. The van der Waals surface area contributed by atoms with Crippen molar-refractivity contribution in [3.05, 3.63) is 48.0 Å². The summed E-state index contributed by atoms with van der Waals surface area (Å²) < 4.78 is 37.5. The first-order valence-corrected chi connectivity index (χ1v) is 9.89. The van der Waals surface area contributed by atoms with Crippen LogP contribution in [0.25, 0.3) is 0 Å². The number of hydrogen-bond acceptors (Lipinski definition) is 4. The van der Waals surface area contributed by atoms with Gasteiger partial charge in [-0.2, -0.15) is 8.42 Å². The molecule has 0 aliphatic rings. The SMILES string of the molecule is CCCCCCCc1ccc(Oc2ccc([O-])cc2S(=O)(=O)O)cc1.[K+]. The number of rotatable bonds is 9. The fraction of sp³-hybridized carbons (Fsp3) is 0.368. The van der Waals surface area contributed by atoms with E-state index in [9.17, 15) is 18.1 Å². The predicted molar refractivity (Wildman–Crippen MR) is 94.7 cm³/mol. The Balaban J connectivity index is 0.00000338. The summed E-state index contributed by atoms with van der Waals surface area (Å²) in [4.78, 5) is -0.528. The van der Waals surface area contributed by atoms with E-state index in [1.54, 1.807) is 12.1 Å². The van der Waals surface area contributed by atoms with Crippen LogP contribution in [-0.2, 0) is 16.5 Å². The van der Waals surface area contributed by atoms with Crippen LogP contribution >= 0.6 is 0 Å². The normalized spacial score (nSPS) is 11.0. The van der Waals surface area contributed by atoms with Gasteiger partial charge in [0.1, 0.15) is 16.4 Å². The molecule has 2 aromatic carbocycles. The van der Waals surface area contributed by atoms with Gasteiger partial charge in [0.25, 0.3) is 10.1 Å². The van der Waals surface area contributed by atoms with Crippen LogP contribution < -0.4 is 61.2 Å². The third-order valence-electron chi connectivity index (χ3n) is 3.91. The summed E-state index contributed by atoms with van der Waals surface area (Å²) in [7, 11) is -4.53. The van der Waals surface area contributed by atoms with Gasteiger partial charge in [-0.25, -0.2) is 0 Å². The van der Waals surface area contributed by atoms with Crippen LogP contribution in [0.5, 0.6) is 17.2 Å². The molecule has 2 aromatic rings. The molecule has 0 spiro atoms. The van der Waals surface area contributed by atoms with Gasteiger partial charge in [0.05, 0.1) is 0 Å². The summed E-state index contributed by atoms with van der Waals surface area (Å²) in [6, 6.07) is 10.6. The summed E-state index contributed by atoms with van der Waals surface area (Å²) in [6.45, 7) is 2.19. The number of ether oxygens (including phenoxy) is 1. The predicted octanol–water partition coefficient (Wildman–Crippen LogP) is 1.32. The van der Waals surface area contributed by atoms with Gasteiger partial charge >= 0.3 is 51.4 Å². The quantitative estimate of drug-likeness (QED) is 0.388. The Hall–Kier alpha value is -0.414. The zero-order valence-corrected chi connectivity index (χ0v) is 19.2. The number of unbranched alkanes of at least 4 members (excludes halogenated alkanes) is 4. The van der Waals surface area contributed by atoms with E-state index in [4.69, 9.17) is 4.74 Å². The Kier molecular flexibility index (Phi) is 10.4. The number of benzene rings is 2. The second-order valence-electron chi connectivity index (χ2n) is 5.99. The molecule has 26 heavy (non-hydrogen) atoms. The standard InChI is InChI=1S/C19H24O5S.K/c1-2-3-4-5-6-7-15-8-11-17(12-9-15)24-18-13-10-16(20)14-19(18)25(21,22)23;/h8-14,20H,2-7H2,1H3,(H,21,22,23);/q;+1/p-1. The van der Waals surface area contributed by atoms with E-state index in [1.807, 2.05) is 12.1 Å². The first kappa shape index (κ1) is 23.6. The summed E-state index contributed by atoms with van der Waals surface area (Å²) in [5.74, 6) is -0.147. The minimum Gasteiger partial charge on any atom is -0.872 e. The van der Waals surface area contributed by atoms with E-state index in [0.717, 1.165) is 18.9 Å². The van der Waals surface area contributed by atoms with Crippen molar-refractivity contribution < 1.29 is 74.2 Å². The van der Waals surface area contributed by atoms with Crippen LogP contribution in [0.4, 0.5) is 0 Å². The average Bonchev–Trinajstić information content (AvgIpc) is 2.57. The fourth-order valence-electron chi connectivity index (χ4n) is 2.56. The molecule has 0 radical (unpaired) electrons. The van der Waals surface area contributed by atoms with Gasteiger partial charge in [0.2, 0.25) is 0 Å². The molecule has 0 aliphatic heterocycles. The van der Waals surface area contributed by atoms with Crippen LogP contribution in [-0.4, -0.2) is 13.0 Å². The van der Waals surface area contributed by atoms with Gasteiger partial charge in [0, 0.05) is 0 Å². The van der Waals surface area contributed by atoms with E-state index in [2.05, 4.69) is 6.92 Å². The Morgan fingerprint density at radius 2 is 1.65 bits per heavy atom. The van der Waals surface area contributed by atoms with Crippen LogP contribution in [0.15, 0.2) is 47.4 Å². The third-order valence-corrected chi connectivity index (χ3v) is 4.79. The van der Waals surface area contributed by atoms with Crippen LogP contribution in [0.3, 0.4) is 0 Å². The van der Waals surface area contributed by atoms with E-state index in [-0.39, 0.29) is 57.1 Å². The van der Waals surface area contributed by atoms with Crippen molar-refractivity contribution in [2.24, 2.45) is 0 Å². The van der Waals surface area contributed by atoms with E-state index in [1.165, 1.54) is 43.4 Å². The smallest absolute Gasteiger partial charge is 0.872 e. The maximum Gasteiger partial charge on any atom is 1.00 e. The molecule has 0 fully saturated rings. The molecular weight excluding hydrogens is 379 g/mol. The zero-order chi connectivity index (χ0) is 18.3. The molecule has 136 valence electrons. The van der Waals surface area contributed by atoms with Crippen LogP contribution in [0, 0.1) is 0 Å². The summed E-state index contributed by atoms with van der Waals surface area (Å²) in [5, 5.41) is 11.3. The van der Waals surface area contributed by atoms with E-state index >= 15 is 0 Å². The first-order valence-electron chi connectivity index (χ1n) is 8.45. The van der Waals surface area contributed by atoms with Gasteiger partial charge in [-0.15, -0.1) is 5.75 Å².